The summed E-state index contributed by atoms with van der Waals surface area (Å²) < 4.78 is 17.4. The number of hydrogen-bond donors (Lipinski definition) is 1. The Morgan fingerprint density at radius 2 is 1.94 bits per heavy atom. The molecule has 0 radical (unpaired) electrons. The molecule has 1 unspecified atom stereocenters. The number of aliphatic imine (C=N–C) groups is 1. The summed E-state index contributed by atoms with van der Waals surface area (Å²) in [5.41, 5.74) is 11.7. The lowest BCUT2D eigenvalue weighted by molar-refractivity contribution is 0.626. The van der Waals surface area contributed by atoms with Crippen molar-refractivity contribution in [1.82, 2.24) is 9.55 Å². The van der Waals surface area contributed by atoms with Gasteiger partial charge in [-0.25, -0.2) is 4.39 Å². The van der Waals surface area contributed by atoms with Gasteiger partial charge in [-0.05, 0) is 48.7 Å². The lowest BCUT2D eigenvalue weighted by Crippen LogP contribution is -2.21. The monoisotopic (exact) mass is 463 g/mol. The van der Waals surface area contributed by atoms with E-state index in [2.05, 4.69) is 16.0 Å². The molecule has 172 valence electrons. The average molecular weight is 464 g/mol. The maximum Gasteiger partial charge on any atom is 0.253 e. The average Bonchev–Trinajstić information content (AvgIpc) is 3.23. The van der Waals surface area contributed by atoms with Crippen molar-refractivity contribution in [3.05, 3.63) is 111 Å². The molecule has 6 nitrogen and oxygen atoms in total. The van der Waals surface area contributed by atoms with Gasteiger partial charge < -0.3 is 10.3 Å². The number of nitriles is 1. The first-order chi connectivity index (χ1) is 16.9. The first kappa shape index (κ1) is 22.2. The Morgan fingerprint density at radius 1 is 1.11 bits per heavy atom. The number of benzene rings is 2. The highest BCUT2D eigenvalue weighted by Gasteiger charge is 2.30. The summed E-state index contributed by atoms with van der Waals surface area (Å²) in [6, 6.07) is 16.4. The van der Waals surface area contributed by atoms with Crippen molar-refractivity contribution in [3.63, 3.8) is 0 Å². The molecule has 2 N–H and O–H groups in total. The van der Waals surface area contributed by atoms with E-state index in [1.54, 1.807) is 42.1 Å². The van der Waals surface area contributed by atoms with Crippen LogP contribution in [0.4, 0.5) is 4.39 Å². The Balaban J connectivity index is 1.58. The van der Waals surface area contributed by atoms with Crippen LogP contribution in [0.2, 0.25) is 0 Å². The lowest BCUT2D eigenvalue weighted by Gasteiger charge is -2.14. The van der Waals surface area contributed by atoms with Crippen molar-refractivity contribution >= 4 is 5.84 Å². The molecule has 0 spiro atoms. The van der Waals surface area contributed by atoms with Crippen molar-refractivity contribution < 1.29 is 4.39 Å². The molecular formula is C28H22FN5O. The fourth-order valence-corrected chi connectivity index (χ4v) is 4.54. The van der Waals surface area contributed by atoms with E-state index in [-0.39, 0.29) is 17.0 Å². The van der Waals surface area contributed by atoms with Crippen molar-refractivity contribution in [1.29, 1.82) is 5.26 Å². The van der Waals surface area contributed by atoms with Crippen molar-refractivity contribution in [3.8, 4) is 28.3 Å². The summed E-state index contributed by atoms with van der Waals surface area (Å²) in [5.74, 6) is -0.308. The molecule has 0 saturated heterocycles. The largest absolute Gasteiger partial charge is 0.383 e. The SMILES string of the molecule is CCn1cc(-c2ccc3c(c2F)C(N)=NC3c2cccc(-c3cncc(C#N)c3)c2)cc(C)c1=O. The minimum atomic E-state index is -0.452. The quantitative estimate of drug-likeness (QED) is 0.473. The van der Waals surface area contributed by atoms with E-state index in [9.17, 15) is 10.1 Å². The number of halogens is 1. The molecule has 0 aliphatic carbocycles. The zero-order valence-corrected chi connectivity index (χ0v) is 19.3. The van der Waals surface area contributed by atoms with E-state index < -0.39 is 11.9 Å². The van der Waals surface area contributed by atoms with Crippen molar-refractivity contribution in [2.45, 2.75) is 26.4 Å². The van der Waals surface area contributed by atoms with Gasteiger partial charge in [-0.3, -0.25) is 14.8 Å². The summed E-state index contributed by atoms with van der Waals surface area (Å²) in [7, 11) is 0. The van der Waals surface area contributed by atoms with Crippen LogP contribution < -0.4 is 11.3 Å². The second kappa shape index (κ2) is 8.65. The van der Waals surface area contributed by atoms with Crippen LogP contribution in [0, 0.1) is 24.1 Å². The number of rotatable bonds is 4. The van der Waals surface area contributed by atoms with E-state index in [4.69, 9.17) is 5.73 Å². The van der Waals surface area contributed by atoms with Gasteiger partial charge in [0.05, 0.1) is 11.1 Å². The Morgan fingerprint density at radius 3 is 2.71 bits per heavy atom. The van der Waals surface area contributed by atoms with Crippen molar-refractivity contribution in [2.75, 3.05) is 0 Å². The molecule has 2 aromatic heterocycles. The third kappa shape index (κ3) is 3.79. The Labute approximate surface area is 201 Å². The third-order valence-corrected chi connectivity index (χ3v) is 6.31. The van der Waals surface area contributed by atoms with Crippen LogP contribution in [0.5, 0.6) is 0 Å². The van der Waals surface area contributed by atoms with Crippen LogP contribution >= 0.6 is 0 Å². The zero-order chi connectivity index (χ0) is 24.7. The molecule has 7 heteroatoms. The normalized spacial score (nSPS) is 14.3. The number of fused-ring (bicyclic) bond motifs is 1. The fraction of sp³-hybridized carbons (Fsp3) is 0.143. The van der Waals surface area contributed by atoms with Gasteiger partial charge in [-0.15, -0.1) is 0 Å². The molecule has 0 fully saturated rings. The van der Waals surface area contributed by atoms with Gasteiger partial charge in [-0.1, -0.05) is 30.3 Å². The third-order valence-electron chi connectivity index (χ3n) is 6.31. The summed E-state index contributed by atoms with van der Waals surface area (Å²) >= 11 is 0. The highest BCUT2D eigenvalue weighted by Crippen LogP contribution is 2.39. The highest BCUT2D eigenvalue weighted by molar-refractivity contribution is 6.03. The Bertz CT molecular complexity index is 1610. The topological polar surface area (TPSA) is 97.1 Å². The van der Waals surface area contributed by atoms with E-state index in [0.29, 0.717) is 34.4 Å². The second-order valence-corrected chi connectivity index (χ2v) is 8.51. The van der Waals surface area contributed by atoms with Gasteiger partial charge in [-0.2, -0.15) is 5.26 Å². The lowest BCUT2D eigenvalue weighted by atomic mass is 9.92. The van der Waals surface area contributed by atoms with Gasteiger partial charge in [0.2, 0.25) is 0 Å². The van der Waals surface area contributed by atoms with Gasteiger partial charge in [0.25, 0.3) is 5.56 Å². The first-order valence-electron chi connectivity index (χ1n) is 11.2. The standard InChI is InChI=1S/C28H22FN5O/c1-3-34-15-21(9-16(2)28(34)35)22-7-8-23-24(25(22)29)27(31)33-26(23)19-6-4-5-18(11-19)20-10-17(12-30)13-32-14-20/h4-11,13-15,26H,3H2,1-2H3,(H2,31,33). The van der Waals surface area contributed by atoms with E-state index >= 15 is 4.39 Å². The number of hydrogen-bond acceptors (Lipinski definition) is 5. The Kier molecular flexibility index (Phi) is 5.50. The number of pyridine rings is 2. The van der Waals surface area contributed by atoms with Crippen LogP contribution in [0.3, 0.4) is 0 Å². The molecule has 1 atom stereocenters. The van der Waals surface area contributed by atoms with Crippen molar-refractivity contribution in [2.24, 2.45) is 10.7 Å². The minimum Gasteiger partial charge on any atom is -0.383 e. The summed E-state index contributed by atoms with van der Waals surface area (Å²) in [6.45, 7) is 4.10. The van der Waals surface area contributed by atoms with Gasteiger partial charge in [0, 0.05) is 47.4 Å². The van der Waals surface area contributed by atoms with Crippen LogP contribution in [0.1, 0.15) is 40.8 Å². The molecule has 35 heavy (non-hydrogen) atoms. The van der Waals surface area contributed by atoms with E-state index in [0.717, 1.165) is 16.7 Å². The number of aryl methyl sites for hydroxylation is 2. The molecule has 1 aliphatic heterocycles. The fourth-order valence-electron chi connectivity index (χ4n) is 4.54. The molecule has 0 amide bonds. The molecule has 1 aliphatic rings. The van der Waals surface area contributed by atoms with Crippen LogP contribution in [-0.4, -0.2) is 15.4 Å². The van der Waals surface area contributed by atoms with Gasteiger partial charge in [0.15, 0.2) is 0 Å². The molecular weight excluding hydrogens is 441 g/mol. The minimum absolute atomic E-state index is 0.0886. The summed E-state index contributed by atoms with van der Waals surface area (Å²) in [6.07, 6.45) is 4.89. The van der Waals surface area contributed by atoms with Crippen LogP contribution in [0.25, 0.3) is 22.3 Å². The molecule has 0 bridgehead atoms. The molecule has 3 heterocycles. The molecule has 0 saturated carbocycles. The molecule has 5 rings (SSSR count). The second-order valence-electron chi connectivity index (χ2n) is 8.51. The number of aromatic nitrogens is 2. The smallest absolute Gasteiger partial charge is 0.253 e. The number of nitrogens with two attached hydrogens (primary N) is 1. The maximum absolute atomic E-state index is 15.8. The highest BCUT2D eigenvalue weighted by atomic mass is 19.1. The van der Waals surface area contributed by atoms with E-state index in [1.807, 2.05) is 37.3 Å². The predicted octanol–water partition coefficient (Wildman–Crippen LogP) is 4.72. The van der Waals surface area contributed by atoms with Gasteiger partial charge in [0.1, 0.15) is 23.8 Å². The number of nitrogens with zero attached hydrogens (tertiary/aromatic N) is 4. The maximum atomic E-state index is 15.8. The summed E-state index contributed by atoms with van der Waals surface area (Å²) in [4.78, 5) is 21.0. The van der Waals surface area contributed by atoms with Gasteiger partial charge >= 0.3 is 0 Å². The van der Waals surface area contributed by atoms with Crippen LogP contribution in [-0.2, 0) is 6.54 Å². The first-order valence-corrected chi connectivity index (χ1v) is 11.2. The molecule has 2 aromatic carbocycles. The zero-order valence-electron chi connectivity index (χ0n) is 19.3. The van der Waals surface area contributed by atoms with E-state index in [1.165, 1.54) is 6.20 Å². The summed E-state index contributed by atoms with van der Waals surface area (Å²) in [5, 5.41) is 9.19. The predicted molar refractivity (Wildman–Crippen MR) is 133 cm³/mol. The Hall–Kier alpha value is -4.57. The molecule has 4 aromatic rings. The van der Waals surface area contributed by atoms with Crippen LogP contribution in [0.15, 0.2) is 76.9 Å². The number of amidine groups is 1.